The summed E-state index contributed by atoms with van der Waals surface area (Å²) in [6, 6.07) is 18.8. The van der Waals surface area contributed by atoms with Crippen LogP contribution in [0.4, 0.5) is 0 Å². The van der Waals surface area contributed by atoms with Gasteiger partial charge in [-0.05, 0) is 11.1 Å². The van der Waals surface area contributed by atoms with E-state index in [4.69, 9.17) is 4.74 Å². The highest BCUT2D eigenvalue weighted by molar-refractivity contribution is 7.89. The molecular weight excluding hydrogens is 378 g/mol. The third-order valence-corrected chi connectivity index (χ3v) is 6.25. The molecule has 0 bridgehead atoms. The van der Waals surface area contributed by atoms with Crippen LogP contribution in [-0.2, 0) is 34.5 Å². The number of ketones is 1. The molecule has 0 aliphatic carbocycles. The molecule has 1 aliphatic heterocycles. The highest BCUT2D eigenvalue weighted by Crippen LogP contribution is 2.30. The molecule has 4 rings (SSSR count). The molecule has 0 atom stereocenters. The molecule has 8 heteroatoms. The van der Waals surface area contributed by atoms with Crippen molar-refractivity contribution in [3.63, 3.8) is 0 Å². The quantitative estimate of drug-likeness (QED) is 0.637. The topological polar surface area (TPSA) is 81.5 Å². The van der Waals surface area contributed by atoms with Gasteiger partial charge in [-0.1, -0.05) is 60.7 Å². The van der Waals surface area contributed by atoms with Gasteiger partial charge in [0.2, 0.25) is 5.88 Å². The minimum absolute atomic E-state index is 0.0161. The second kappa shape index (κ2) is 7.57. The maximum absolute atomic E-state index is 13.5. The number of ether oxygens (including phenoxy) is 1. The van der Waals surface area contributed by atoms with Crippen molar-refractivity contribution in [3.8, 4) is 5.88 Å². The van der Waals surface area contributed by atoms with E-state index in [2.05, 4.69) is 5.10 Å². The van der Waals surface area contributed by atoms with E-state index in [1.54, 1.807) is 0 Å². The molecule has 0 radical (unpaired) electrons. The normalized spacial score (nSPS) is 14.0. The van der Waals surface area contributed by atoms with Crippen LogP contribution in [0.5, 0.6) is 5.88 Å². The first kappa shape index (κ1) is 18.4. The Morgan fingerprint density at radius 3 is 2.11 bits per heavy atom. The van der Waals surface area contributed by atoms with E-state index in [-0.39, 0.29) is 42.8 Å². The van der Waals surface area contributed by atoms with Gasteiger partial charge in [0, 0.05) is 13.1 Å². The van der Waals surface area contributed by atoms with Crippen LogP contribution in [0.25, 0.3) is 0 Å². The number of carbonyl (C=O) groups excluding carboxylic acids is 1. The van der Waals surface area contributed by atoms with E-state index in [0.29, 0.717) is 0 Å². The first-order chi connectivity index (χ1) is 13.5. The molecule has 0 N–H and O–H groups in total. The highest BCUT2D eigenvalue weighted by atomic mass is 32.2. The average molecular weight is 397 g/mol. The lowest BCUT2D eigenvalue weighted by molar-refractivity contribution is -0.123. The molecule has 0 unspecified atom stereocenters. The fourth-order valence-corrected chi connectivity index (χ4v) is 4.57. The molecule has 0 fully saturated rings. The molecule has 3 aromatic rings. The number of carbonyl (C=O) groups is 1. The van der Waals surface area contributed by atoms with Crippen LogP contribution < -0.4 is 4.74 Å². The molecule has 2 heterocycles. The summed E-state index contributed by atoms with van der Waals surface area (Å²) in [4.78, 5) is 11.5. The molecule has 144 valence electrons. The Hall–Kier alpha value is -2.97. The molecule has 7 nitrogen and oxygen atoms in total. The summed E-state index contributed by atoms with van der Waals surface area (Å²) in [5.41, 5.74) is 1.75. The smallest absolute Gasteiger partial charge is 0.250 e. The molecule has 0 amide bonds. The summed E-state index contributed by atoms with van der Waals surface area (Å²) in [6.07, 6.45) is 1.26. The van der Waals surface area contributed by atoms with Crippen molar-refractivity contribution < 1.29 is 17.9 Å². The van der Waals surface area contributed by atoms with Crippen molar-refractivity contribution in [1.82, 2.24) is 14.1 Å². The molecule has 1 aromatic heterocycles. The molecule has 0 saturated carbocycles. The van der Waals surface area contributed by atoms with Gasteiger partial charge in [-0.15, -0.1) is 0 Å². The van der Waals surface area contributed by atoms with Crippen LogP contribution >= 0.6 is 0 Å². The summed E-state index contributed by atoms with van der Waals surface area (Å²) in [6.45, 7) is 0.289. The van der Waals surface area contributed by atoms with Gasteiger partial charge in [-0.25, -0.2) is 13.1 Å². The van der Waals surface area contributed by atoms with Gasteiger partial charge in [0.25, 0.3) is 10.0 Å². The van der Waals surface area contributed by atoms with E-state index < -0.39 is 10.0 Å². The van der Waals surface area contributed by atoms with E-state index in [1.165, 1.54) is 15.2 Å². The SMILES string of the molecule is O=C1COc2c(S(=O)(=O)N(Cc3ccccc3)Cc3ccccc3)cnn2C1. The zero-order valence-corrected chi connectivity index (χ0v) is 15.9. The predicted octanol–water partition coefficient (Wildman–Crippen LogP) is 2.24. The Balaban J connectivity index is 1.71. The van der Waals surface area contributed by atoms with Crippen LogP contribution in [0.2, 0.25) is 0 Å². The summed E-state index contributed by atoms with van der Waals surface area (Å²) in [7, 11) is -3.90. The van der Waals surface area contributed by atoms with Gasteiger partial charge in [0.05, 0.1) is 6.20 Å². The Kier molecular flexibility index (Phi) is 4.97. The van der Waals surface area contributed by atoms with Crippen LogP contribution in [0.15, 0.2) is 71.8 Å². The molecular formula is C20H19N3O4S. The van der Waals surface area contributed by atoms with Crippen LogP contribution in [-0.4, -0.2) is 34.9 Å². The summed E-state index contributed by atoms with van der Waals surface area (Å²) < 4.78 is 35.0. The molecule has 1 aliphatic rings. The van der Waals surface area contributed by atoms with Crippen molar-refractivity contribution in [2.24, 2.45) is 0 Å². The van der Waals surface area contributed by atoms with Crippen molar-refractivity contribution in [3.05, 3.63) is 78.0 Å². The van der Waals surface area contributed by atoms with E-state index in [0.717, 1.165) is 11.1 Å². The number of nitrogens with zero attached hydrogens (tertiary/aromatic N) is 3. The van der Waals surface area contributed by atoms with E-state index >= 15 is 0 Å². The zero-order valence-electron chi connectivity index (χ0n) is 15.1. The average Bonchev–Trinajstić information content (AvgIpc) is 3.13. The van der Waals surface area contributed by atoms with Gasteiger partial charge in [0.15, 0.2) is 17.3 Å². The number of hydrogen-bond donors (Lipinski definition) is 0. The molecule has 28 heavy (non-hydrogen) atoms. The third-order valence-electron chi connectivity index (χ3n) is 4.48. The second-order valence-corrected chi connectivity index (χ2v) is 8.45. The Labute approximate surface area is 163 Å². The lowest BCUT2D eigenvalue weighted by Crippen LogP contribution is -2.31. The van der Waals surface area contributed by atoms with Gasteiger partial charge >= 0.3 is 0 Å². The summed E-state index contributed by atoms with van der Waals surface area (Å²) >= 11 is 0. The minimum atomic E-state index is -3.90. The largest absolute Gasteiger partial charge is 0.469 e. The highest BCUT2D eigenvalue weighted by Gasteiger charge is 2.33. The fourth-order valence-electron chi connectivity index (χ4n) is 3.09. The Bertz CT molecular complexity index is 1040. The number of hydrogen-bond acceptors (Lipinski definition) is 5. The zero-order chi connectivity index (χ0) is 19.6. The predicted molar refractivity (Wildman–Crippen MR) is 102 cm³/mol. The van der Waals surface area contributed by atoms with Crippen LogP contribution in [0.3, 0.4) is 0 Å². The molecule has 0 spiro atoms. The van der Waals surface area contributed by atoms with Crippen molar-refractivity contribution in [2.45, 2.75) is 24.5 Å². The number of Topliss-reactive ketones (excluding diaryl/α,β-unsaturated/α-hetero) is 1. The van der Waals surface area contributed by atoms with Crippen LogP contribution in [0, 0.1) is 0 Å². The van der Waals surface area contributed by atoms with Gasteiger partial charge in [-0.3, -0.25) is 4.79 Å². The monoisotopic (exact) mass is 397 g/mol. The summed E-state index contributed by atoms with van der Waals surface area (Å²) in [5.74, 6) is -0.0318. The standard InChI is InChI=1S/C20H19N3O4S/c24-18-14-23-20(27-15-18)19(11-21-23)28(25,26)22(12-16-7-3-1-4-8-16)13-17-9-5-2-6-10-17/h1-11H,12-15H2. The fraction of sp³-hybridized carbons (Fsp3) is 0.200. The number of aromatic nitrogens is 2. The first-order valence-electron chi connectivity index (χ1n) is 8.82. The maximum Gasteiger partial charge on any atom is 0.250 e. The Morgan fingerprint density at radius 2 is 1.54 bits per heavy atom. The number of benzene rings is 2. The minimum Gasteiger partial charge on any atom is -0.469 e. The maximum atomic E-state index is 13.5. The number of fused-ring (bicyclic) bond motifs is 1. The van der Waals surface area contributed by atoms with Gasteiger partial charge in [-0.2, -0.15) is 9.40 Å². The van der Waals surface area contributed by atoms with Crippen LogP contribution in [0.1, 0.15) is 11.1 Å². The lowest BCUT2D eigenvalue weighted by atomic mass is 10.2. The first-order valence-corrected chi connectivity index (χ1v) is 10.3. The molecule has 0 saturated heterocycles. The van der Waals surface area contributed by atoms with Gasteiger partial charge in [0.1, 0.15) is 6.54 Å². The lowest BCUT2D eigenvalue weighted by Gasteiger charge is -2.23. The summed E-state index contributed by atoms with van der Waals surface area (Å²) in [5, 5.41) is 4.03. The van der Waals surface area contributed by atoms with Gasteiger partial charge < -0.3 is 4.74 Å². The van der Waals surface area contributed by atoms with Crippen molar-refractivity contribution >= 4 is 15.8 Å². The van der Waals surface area contributed by atoms with E-state index in [1.807, 2.05) is 60.7 Å². The Morgan fingerprint density at radius 1 is 0.964 bits per heavy atom. The number of rotatable bonds is 6. The van der Waals surface area contributed by atoms with E-state index in [9.17, 15) is 13.2 Å². The second-order valence-electron chi connectivity index (χ2n) is 6.54. The van der Waals surface area contributed by atoms with Crippen molar-refractivity contribution in [2.75, 3.05) is 6.61 Å². The third kappa shape index (κ3) is 3.69. The molecule has 2 aromatic carbocycles. The van der Waals surface area contributed by atoms with Crippen molar-refractivity contribution in [1.29, 1.82) is 0 Å². The number of sulfonamides is 1.